The van der Waals surface area contributed by atoms with E-state index in [1.165, 1.54) is 17.8 Å². The molecule has 0 spiro atoms. The molecule has 3 heterocycles. The lowest BCUT2D eigenvalue weighted by Crippen LogP contribution is -2.42. The quantitative estimate of drug-likeness (QED) is 0.382. The minimum atomic E-state index is -1.12. The first-order chi connectivity index (χ1) is 17.0. The summed E-state index contributed by atoms with van der Waals surface area (Å²) in [6.45, 7) is 3.19. The Balaban J connectivity index is 1.25. The monoisotopic (exact) mass is 475 g/mol. The molecule has 1 aromatic carbocycles. The van der Waals surface area contributed by atoms with Crippen molar-refractivity contribution in [2.24, 2.45) is 0 Å². The summed E-state index contributed by atoms with van der Waals surface area (Å²) in [5.74, 6) is 0.494. The predicted octanol–water partition coefficient (Wildman–Crippen LogP) is 2.98. The largest absolute Gasteiger partial charge is 0.494 e. The molecule has 1 aliphatic heterocycles. The number of aromatic nitrogens is 3. The summed E-state index contributed by atoms with van der Waals surface area (Å²) in [6.07, 6.45) is 5.50. The van der Waals surface area contributed by atoms with E-state index in [-0.39, 0.29) is 12.1 Å². The van der Waals surface area contributed by atoms with Gasteiger partial charge in [-0.3, -0.25) is 4.79 Å². The van der Waals surface area contributed by atoms with E-state index in [9.17, 15) is 14.7 Å². The van der Waals surface area contributed by atoms with Gasteiger partial charge in [-0.2, -0.15) is 0 Å². The van der Waals surface area contributed by atoms with Crippen LogP contribution < -0.4 is 15.4 Å². The zero-order valence-corrected chi connectivity index (χ0v) is 19.7. The van der Waals surface area contributed by atoms with E-state index >= 15 is 0 Å². The summed E-state index contributed by atoms with van der Waals surface area (Å²) in [5.41, 5.74) is 3.24. The third-order valence-corrected chi connectivity index (χ3v) is 5.77. The van der Waals surface area contributed by atoms with Crippen LogP contribution in [0, 0.1) is 6.92 Å². The standard InChI is InChI=1S/C26H29N5O4/c1-17-27-14-12-22(29-17)25(32)31-23(26(33)34)16-18-6-10-21(11-7-18)35-15-3-5-20-9-8-19-4-2-13-28-24(19)30-20/h6-12,14,23H,2-5,13,15-16H2,1H3,(H,28,30)(H,31,32)(H,33,34)/t23-/m0/s1. The SMILES string of the molecule is Cc1nccc(C(=O)N[C@@H](Cc2ccc(OCCCc3ccc4c(n3)NCCC4)cc2)C(=O)O)n1. The maximum Gasteiger partial charge on any atom is 0.326 e. The third kappa shape index (κ3) is 6.75. The maximum atomic E-state index is 12.4. The molecule has 182 valence electrons. The lowest BCUT2D eigenvalue weighted by Gasteiger charge is -2.17. The molecule has 4 rings (SSSR count). The van der Waals surface area contributed by atoms with Crippen LogP contribution in [0.2, 0.25) is 0 Å². The fraction of sp³-hybridized carbons (Fsp3) is 0.346. The van der Waals surface area contributed by atoms with Gasteiger partial charge in [0.25, 0.3) is 5.91 Å². The number of fused-ring (bicyclic) bond motifs is 1. The van der Waals surface area contributed by atoms with Crippen molar-refractivity contribution in [1.29, 1.82) is 0 Å². The number of aryl methyl sites for hydroxylation is 3. The van der Waals surface area contributed by atoms with Gasteiger partial charge in [0.15, 0.2) is 0 Å². The number of nitrogens with one attached hydrogen (secondary N) is 2. The molecule has 0 bridgehead atoms. The van der Waals surface area contributed by atoms with Crippen LogP contribution in [0.1, 0.15) is 46.0 Å². The number of nitrogens with zero attached hydrogens (tertiary/aromatic N) is 3. The van der Waals surface area contributed by atoms with Gasteiger partial charge in [0, 0.05) is 24.9 Å². The van der Waals surface area contributed by atoms with Gasteiger partial charge in [0.1, 0.15) is 29.1 Å². The molecule has 1 aliphatic rings. The van der Waals surface area contributed by atoms with E-state index in [0.29, 0.717) is 18.2 Å². The molecule has 3 aromatic rings. The second-order valence-electron chi connectivity index (χ2n) is 8.49. The highest BCUT2D eigenvalue weighted by molar-refractivity contribution is 5.94. The highest BCUT2D eigenvalue weighted by Crippen LogP contribution is 2.20. The summed E-state index contributed by atoms with van der Waals surface area (Å²) in [4.78, 5) is 36.8. The molecule has 0 unspecified atom stereocenters. The van der Waals surface area contributed by atoms with Gasteiger partial charge in [-0.05, 0) is 68.0 Å². The first kappa shape index (κ1) is 24.1. The number of amides is 1. The number of ether oxygens (including phenoxy) is 1. The van der Waals surface area contributed by atoms with Gasteiger partial charge in [-0.15, -0.1) is 0 Å². The van der Waals surface area contributed by atoms with Crippen LogP contribution in [-0.4, -0.2) is 51.1 Å². The lowest BCUT2D eigenvalue weighted by atomic mass is 10.1. The van der Waals surface area contributed by atoms with Crippen molar-refractivity contribution in [2.75, 3.05) is 18.5 Å². The zero-order chi connectivity index (χ0) is 24.6. The first-order valence-corrected chi connectivity index (χ1v) is 11.8. The van der Waals surface area contributed by atoms with Crippen LogP contribution in [0.15, 0.2) is 48.7 Å². The maximum absolute atomic E-state index is 12.4. The number of aliphatic carboxylic acids is 1. The number of benzene rings is 1. The first-order valence-electron chi connectivity index (χ1n) is 11.8. The number of carbonyl (C=O) groups excluding carboxylic acids is 1. The van der Waals surface area contributed by atoms with Gasteiger partial charge in [-0.25, -0.2) is 19.7 Å². The van der Waals surface area contributed by atoms with Crippen molar-refractivity contribution in [1.82, 2.24) is 20.3 Å². The Hall–Kier alpha value is -4.01. The lowest BCUT2D eigenvalue weighted by molar-refractivity contribution is -0.139. The molecule has 0 aliphatic carbocycles. The van der Waals surface area contributed by atoms with Gasteiger partial charge in [-0.1, -0.05) is 18.2 Å². The van der Waals surface area contributed by atoms with E-state index in [4.69, 9.17) is 9.72 Å². The van der Waals surface area contributed by atoms with Gasteiger partial charge in [0.2, 0.25) is 0 Å². The van der Waals surface area contributed by atoms with Crippen LogP contribution in [0.5, 0.6) is 5.75 Å². The highest BCUT2D eigenvalue weighted by atomic mass is 16.5. The van der Waals surface area contributed by atoms with E-state index in [2.05, 4.69) is 32.7 Å². The number of hydrogen-bond donors (Lipinski definition) is 3. The van der Waals surface area contributed by atoms with E-state index in [0.717, 1.165) is 49.3 Å². The smallest absolute Gasteiger partial charge is 0.326 e. The number of hydrogen-bond acceptors (Lipinski definition) is 7. The molecule has 0 radical (unpaired) electrons. The summed E-state index contributed by atoms with van der Waals surface area (Å²) in [7, 11) is 0. The zero-order valence-electron chi connectivity index (χ0n) is 19.7. The molecule has 0 saturated carbocycles. The third-order valence-electron chi connectivity index (χ3n) is 5.77. The fourth-order valence-electron chi connectivity index (χ4n) is 3.92. The molecule has 3 N–H and O–H groups in total. The second-order valence-corrected chi connectivity index (χ2v) is 8.49. The topological polar surface area (TPSA) is 126 Å². The molecule has 9 heteroatoms. The average molecular weight is 476 g/mol. The number of carbonyl (C=O) groups is 2. The molecule has 1 amide bonds. The number of anilines is 1. The normalized spacial score (nSPS) is 13.3. The van der Waals surface area contributed by atoms with Crippen molar-refractivity contribution in [3.63, 3.8) is 0 Å². The van der Waals surface area contributed by atoms with Crippen molar-refractivity contribution in [3.05, 3.63) is 77.0 Å². The van der Waals surface area contributed by atoms with Crippen molar-refractivity contribution in [3.8, 4) is 5.75 Å². The summed E-state index contributed by atoms with van der Waals surface area (Å²) < 4.78 is 5.84. The molecule has 9 nitrogen and oxygen atoms in total. The Labute approximate surface area is 204 Å². The molecule has 35 heavy (non-hydrogen) atoms. The van der Waals surface area contributed by atoms with Crippen LogP contribution in [0.4, 0.5) is 5.82 Å². The average Bonchev–Trinajstić information content (AvgIpc) is 2.87. The van der Waals surface area contributed by atoms with Crippen LogP contribution in [-0.2, 0) is 24.1 Å². The predicted molar refractivity (Wildman–Crippen MR) is 131 cm³/mol. The van der Waals surface area contributed by atoms with E-state index < -0.39 is 17.9 Å². The number of rotatable bonds is 10. The van der Waals surface area contributed by atoms with Crippen LogP contribution in [0.25, 0.3) is 0 Å². The Morgan fingerprint density at radius 2 is 1.97 bits per heavy atom. The van der Waals surface area contributed by atoms with Gasteiger partial charge in [0.05, 0.1) is 6.61 Å². The van der Waals surface area contributed by atoms with Crippen LogP contribution in [0.3, 0.4) is 0 Å². The van der Waals surface area contributed by atoms with Crippen LogP contribution >= 0.6 is 0 Å². The number of pyridine rings is 1. The summed E-state index contributed by atoms with van der Waals surface area (Å²) in [5, 5.41) is 15.4. The Bertz CT molecular complexity index is 1180. The minimum absolute atomic E-state index is 0.134. The fourth-order valence-corrected chi connectivity index (χ4v) is 3.92. The molecular weight excluding hydrogens is 446 g/mol. The summed E-state index contributed by atoms with van der Waals surface area (Å²) >= 11 is 0. The number of carboxylic acid groups (broad SMARTS) is 1. The molecular formula is C26H29N5O4. The Kier molecular flexibility index (Phi) is 7.87. The van der Waals surface area contributed by atoms with Crippen molar-refractivity contribution >= 4 is 17.7 Å². The highest BCUT2D eigenvalue weighted by Gasteiger charge is 2.22. The molecule has 2 aromatic heterocycles. The molecule has 0 fully saturated rings. The number of carboxylic acids is 1. The Morgan fingerprint density at radius 3 is 2.74 bits per heavy atom. The Morgan fingerprint density at radius 1 is 1.14 bits per heavy atom. The molecule has 0 saturated heterocycles. The summed E-state index contributed by atoms with van der Waals surface area (Å²) in [6, 6.07) is 11.9. The second kappa shape index (κ2) is 11.4. The minimum Gasteiger partial charge on any atom is -0.494 e. The van der Waals surface area contributed by atoms with Gasteiger partial charge < -0.3 is 20.5 Å². The van der Waals surface area contributed by atoms with E-state index in [1.807, 2.05) is 24.3 Å². The van der Waals surface area contributed by atoms with E-state index in [1.54, 1.807) is 6.92 Å². The van der Waals surface area contributed by atoms with Crippen molar-refractivity contribution in [2.45, 2.75) is 45.1 Å². The van der Waals surface area contributed by atoms with Crippen molar-refractivity contribution < 1.29 is 19.4 Å². The van der Waals surface area contributed by atoms with Gasteiger partial charge >= 0.3 is 5.97 Å². The molecule has 1 atom stereocenters.